The van der Waals surface area contributed by atoms with E-state index in [1.165, 1.54) is 0 Å². The molecule has 1 aromatic carbocycles. The summed E-state index contributed by atoms with van der Waals surface area (Å²) >= 11 is 0. The molecule has 0 aromatic heterocycles. The summed E-state index contributed by atoms with van der Waals surface area (Å²) in [5.74, 6) is -0.103. The fraction of sp³-hybridized carbons (Fsp3) is 0.471. The fourth-order valence-electron chi connectivity index (χ4n) is 2.37. The van der Waals surface area contributed by atoms with Gasteiger partial charge in [0.05, 0.1) is 0 Å². The van der Waals surface area contributed by atoms with Crippen molar-refractivity contribution in [1.82, 2.24) is 5.32 Å². The fourth-order valence-corrected chi connectivity index (χ4v) is 13.8. The lowest BCUT2D eigenvalue weighted by Crippen LogP contribution is -2.55. The molecule has 4 nitrogen and oxygen atoms in total. The number of hydrogen-bond acceptors (Lipinski definition) is 3. The highest BCUT2D eigenvalue weighted by Crippen LogP contribution is 2.25. The van der Waals surface area contributed by atoms with Crippen LogP contribution in [0.2, 0.25) is 45.8 Å². The van der Waals surface area contributed by atoms with Crippen LogP contribution in [0.1, 0.15) is 10.4 Å². The van der Waals surface area contributed by atoms with Gasteiger partial charge in [-0.25, -0.2) is 0 Å². The van der Waals surface area contributed by atoms with Gasteiger partial charge >= 0.3 is 8.56 Å². The normalized spacial score (nSPS) is 12.8. The number of carbonyl (C=O) groups is 1. The lowest BCUT2D eigenvalue weighted by Gasteiger charge is -2.39. The third-order valence-electron chi connectivity index (χ3n) is 3.14. The van der Waals surface area contributed by atoms with Crippen LogP contribution in [0.25, 0.3) is 0 Å². The zero-order chi connectivity index (χ0) is 18.6. The molecule has 1 rings (SSSR count). The second kappa shape index (κ2) is 7.92. The molecule has 1 N–H and O–H groups in total. The van der Waals surface area contributed by atoms with E-state index in [-0.39, 0.29) is 5.91 Å². The Morgan fingerprint density at radius 2 is 1.42 bits per heavy atom. The summed E-state index contributed by atoms with van der Waals surface area (Å²) < 4.78 is 12.9. The third-order valence-corrected chi connectivity index (χ3v) is 12.6. The predicted molar refractivity (Wildman–Crippen MR) is 108 cm³/mol. The molecular formula is C17H31NO3Si3. The Kier molecular flexibility index (Phi) is 6.94. The summed E-state index contributed by atoms with van der Waals surface area (Å²) in [6.07, 6.45) is 0. The predicted octanol–water partition coefficient (Wildman–Crippen LogP) is 4.29. The van der Waals surface area contributed by atoms with Crippen LogP contribution in [-0.4, -0.2) is 37.6 Å². The van der Waals surface area contributed by atoms with Gasteiger partial charge in [-0.05, 0) is 63.2 Å². The standard InChI is InChI=1S/C17H31NO3Si3/c1-15(14-18-17(19)16-12-10-9-11-13-16)24(8,20-22(2,3)4)21-23(5,6)7/h9-13H,1,14H2,2-8H3,(H,18,19). The summed E-state index contributed by atoms with van der Waals surface area (Å²) in [6, 6.07) is 9.19. The van der Waals surface area contributed by atoms with Gasteiger partial charge in [-0.3, -0.25) is 4.79 Å². The Balaban J connectivity index is 2.83. The molecule has 0 heterocycles. The molecule has 0 fully saturated rings. The van der Waals surface area contributed by atoms with Gasteiger partial charge < -0.3 is 13.5 Å². The molecule has 1 aromatic rings. The summed E-state index contributed by atoms with van der Waals surface area (Å²) in [6.45, 7) is 19.6. The lowest BCUT2D eigenvalue weighted by atomic mass is 10.2. The van der Waals surface area contributed by atoms with Crippen molar-refractivity contribution < 1.29 is 13.0 Å². The van der Waals surface area contributed by atoms with Crippen molar-refractivity contribution in [3.63, 3.8) is 0 Å². The van der Waals surface area contributed by atoms with Gasteiger partial charge in [0.2, 0.25) is 0 Å². The van der Waals surface area contributed by atoms with Gasteiger partial charge in [0.15, 0.2) is 16.6 Å². The first-order chi connectivity index (χ1) is 10.8. The van der Waals surface area contributed by atoms with Crippen LogP contribution in [0, 0.1) is 0 Å². The van der Waals surface area contributed by atoms with Crippen LogP contribution in [0.4, 0.5) is 0 Å². The van der Waals surface area contributed by atoms with Gasteiger partial charge in [-0.15, -0.1) is 0 Å². The van der Waals surface area contributed by atoms with Crippen molar-refractivity contribution in [3.8, 4) is 0 Å². The molecule has 0 aliphatic carbocycles. The van der Waals surface area contributed by atoms with Crippen molar-refractivity contribution in [2.24, 2.45) is 0 Å². The van der Waals surface area contributed by atoms with E-state index >= 15 is 0 Å². The number of rotatable bonds is 8. The highest BCUT2D eigenvalue weighted by Gasteiger charge is 2.42. The number of nitrogens with one attached hydrogen (secondary N) is 1. The molecule has 0 bridgehead atoms. The van der Waals surface area contributed by atoms with Crippen molar-refractivity contribution in [2.75, 3.05) is 6.54 Å². The van der Waals surface area contributed by atoms with Crippen LogP contribution in [0.15, 0.2) is 42.1 Å². The number of benzene rings is 1. The minimum Gasteiger partial charge on any atom is -0.434 e. The van der Waals surface area contributed by atoms with E-state index in [0.717, 1.165) is 5.20 Å². The van der Waals surface area contributed by atoms with Crippen LogP contribution >= 0.6 is 0 Å². The first-order valence-corrected chi connectivity index (χ1v) is 17.4. The Morgan fingerprint density at radius 3 is 1.83 bits per heavy atom. The molecule has 24 heavy (non-hydrogen) atoms. The molecule has 0 spiro atoms. The van der Waals surface area contributed by atoms with Gasteiger partial charge in [-0.1, -0.05) is 24.8 Å². The molecule has 0 radical (unpaired) electrons. The molecule has 0 saturated heterocycles. The first kappa shape index (κ1) is 21.0. The highest BCUT2D eigenvalue weighted by atomic mass is 28.5. The average molecular weight is 382 g/mol. The minimum absolute atomic E-state index is 0.103. The summed E-state index contributed by atoms with van der Waals surface area (Å²) in [7, 11) is -6.16. The first-order valence-electron chi connectivity index (χ1n) is 8.24. The Bertz CT molecular complexity index is 561. The zero-order valence-corrected chi connectivity index (χ0v) is 19.0. The molecule has 1 amide bonds. The topological polar surface area (TPSA) is 47.6 Å². The Hall–Kier alpha value is -0.999. The van der Waals surface area contributed by atoms with Crippen LogP contribution in [0.5, 0.6) is 0 Å². The van der Waals surface area contributed by atoms with E-state index in [4.69, 9.17) is 8.23 Å². The minimum atomic E-state index is -2.58. The summed E-state index contributed by atoms with van der Waals surface area (Å²) in [5, 5.41) is 3.81. The summed E-state index contributed by atoms with van der Waals surface area (Å²) in [4.78, 5) is 12.2. The zero-order valence-electron chi connectivity index (χ0n) is 16.0. The average Bonchev–Trinajstić information content (AvgIpc) is 2.41. The van der Waals surface area contributed by atoms with Gasteiger partial charge in [-0.2, -0.15) is 0 Å². The third kappa shape index (κ3) is 7.27. The van der Waals surface area contributed by atoms with E-state index in [1.54, 1.807) is 12.1 Å². The Morgan fingerprint density at radius 1 is 0.958 bits per heavy atom. The molecular weight excluding hydrogens is 350 g/mol. The number of amides is 1. The molecule has 134 valence electrons. The molecule has 0 saturated carbocycles. The number of carbonyl (C=O) groups excluding carboxylic acids is 1. The van der Waals surface area contributed by atoms with Crippen molar-refractivity contribution in [2.45, 2.75) is 45.8 Å². The van der Waals surface area contributed by atoms with E-state index in [1.807, 2.05) is 18.2 Å². The molecule has 0 atom stereocenters. The van der Waals surface area contributed by atoms with Crippen molar-refractivity contribution >= 4 is 31.1 Å². The number of hydrogen-bond donors (Lipinski definition) is 1. The maximum absolute atomic E-state index is 12.2. The van der Waals surface area contributed by atoms with Crippen LogP contribution in [0.3, 0.4) is 0 Å². The molecule has 0 aliphatic rings. The Labute approximate surface area is 149 Å². The smallest absolute Gasteiger partial charge is 0.345 e. The summed E-state index contributed by atoms with van der Waals surface area (Å²) in [5.41, 5.74) is 0.644. The molecule has 0 unspecified atom stereocenters. The lowest BCUT2D eigenvalue weighted by molar-refractivity contribution is 0.0957. The molecule has 7 heteroatoms. The van der Waals surface area contributed by atoms with Crippen molar-refractivity contribution in [1.29, 1.82) is 0 Å². The van der Waals surface area contributed by atoms with Gasteiger partial charge in [0.25, 0.3) is 5.91 Å². The maximum Gasteiger partial charge on any atom is 0.345 e. The second-order valence-electron chi connectivity index (χ2n) is 8.03. The largest absolute Gasteiger partial charge is 0.434 e. The van der Waals surface area contributed by atoms with Crippen LogP contribution < -0.4 is 5.32 Å². The second-order valence-corrected chi connectivity index (χ2v) is 20.7. The molecule has 0 aliphatic heterocycles. The van der Waals surface area contributed by atoms with E-state index < -0.39 is 25.2 Å². The monoisotopic (exact) mass is 381 g/mol. The van der Waals surface area contributed by atoms with Gasteiger partial charge in [0, 0.05) is 12.1 Å². The highest BCUT2D eigenvalue weighted by molar-refractivity contribution is 6.91. The van der Waals surface area contributed by atoms with E-state index in [9.17, 15) is 4.79 Å². The maximum atomic E-state index is 12.2. The quantitative estimate of drug-likeness (QED) is 0.683. The van der Waals surface area contributed by atoms with Gasteiger partial charge in [0.1, 0.15) is 0 Å². The van der Waals surface area contributed by atoms with E-state index in [0.29, 0.717) is 12.1 Å². The van der Waals surface area contributed by atoms with Crippen LogP contribution in [-0.2, 0) is 8.23 Å². The van der Waals surface area contributed by atoms with Crippen molar-refractivity contribution in [3.05, 3.63) is 47.7 Å². The SMILES string of the molecule is C=C(CNC(=O)c1ccccc1)[Si](C)(O[Si](C)(C)C)O[Si](C)(C)C. The van der Waals surface area contributed by atoms with E-state index in [2.05, 4.69) is 57.7 Å².